The van der Waals surface area contributed by atoms with Crippen molar-refractivity contribution in [1.82, 2.24) is 4.98 Å². The van der Waals surface area contributed by atoms with E-state index in [1.807, 2.05) is 6.26 Å². The predicted octanol–water partition coefficient (Wildman–Crippen LogP) is 1.41. The fourth-order valence-corrected chi connectivity index (χ4v) is 0.757. The average Bonchev–Trinajstić information content (AvgIpc) is 2.34. The molecule has 0 fully saturated rings. The largest absolute Gasteiger partial charge is 0.479 e. The number of hydrogen-bond acceptors (Lipinski definition) is 4. The molecule has 1 heterocycles. The highest BCUT2D eigenvalue weighted by Gasteiger charge is 1.99. The molecular weight excluding hydrogens is 138 g/mol. The standard InChI is InChI=1S/C5H7NO2S/c1-7-4-3-8-5(6-4)9-2/h3H,1-2H3. The van der Waals surface area contributed by atoms with Crippen molar-refractivity contribution in [3.63, 3.8) is 0 Å². The minimum Gasteiger partial charge on any atom is -0.479 e. The first-order valence-corrected chi connectivity index (χ1v) is 3.63. The number of oxazole rings is 1. The summed E-state index contributed by atoms with van der Waals surface area (Å²) in [4.78, 5) is 3.92. The Bertz CT molecular complexity index is 168. The van der Waals surface area contributed by atoms with Gasteiger partial charge in [0, 0.05) is 0 Å². The molecule has 3 nitrogen and oxygen atoms in total. The van der Waals surface area contributed by atoms with E-state index in [0.29, 0.717) is 11.1 Å². The van der Waals surface area contributed by atoms with Crippen LogP contribution >= 0.6 is 11.8 Å². The first-order chi connectivity index (χ1) is 4.36. The summed E-state index contributed by atoms with van der Waals surface area (Å²) in [5, 5.41) is 0.631. The Kier molecular flexibility index (Phi) is 2.00. The van der Waals surface area contributed by atoms with E-state index in [4.69, 9.17) is 9.15 Å². The van der Waals surface area contributed by atoms with E-state index >= 15 is 0 Å². The van der Waals surface area contributed by atoms with Crippen LogP contribution in [0.15, 0.2) is 15.9 Å². The van der Waals surface area contributed by atoms with Crippen LogP contribution in [0.5, 0.6) is 5.88 Å². The van der Waals surface area contributed by atoms with Gasteiger partial charge in [-0.1, -0.05) is 11.8 Å². The quantitative estimate of drug-likeness (QED) is 0.589. The lowest BCUT2D eigenvalue weighted by Crippen LogP contribution is -1.80. The van der Waals surface area contributed by atoms with E-state index < -0.39 is 0 Å². The second kappa shape index (κ2) is 2.77. The maximum absolute atomic E-state index is 4.93. The maximum Gasteiger partial charge on any atom is 0.258 e. The third-order valence-electron chi connectivity index (χ3n) is 0.846. The summed E-state index contributed by atoms with van der Waals surface area (Å²) >= 11 is 1.45. The minimum atomic E-state index is 0.527. The Morgan fingerprint density at radius 1 is 1.78 bits per heavy atom. The van der Waals surface area contributed by atoms with Gasteiger partial charge in [-0.3, -0.25) is 0 Å². The summed E-state index contributed by atoms with van der Waals surface area (Å²) in [5.74, 6) is 0.527. The number of ether oxygens (including phenoxy) is 1. The SMILES string of the molecule is COc1coc(SC)n1. The molecule has 0 amide bonds. The number of aromatic nitrogens is 1. The van der Waals surface area contributed by atoms with Crippen molar-refractivity contribution in [2.24, 2.45) is 0 Å². The van der Waals surface area contributed by atoms with Gasteiger partial charge in [-0.05, 0) is 6.26 Å². The van der Waals surface area contributed by atoms with Gasteiger partial charge in [0.25, 0.3) is 11.1 Å². The Labute approximate surface area is 57.4 Å². The summed E-state index contributed by atoms with van der Waals surface area (Å²) in [6, 6.07) is 0. The van der Waals surface area contributed by atoms with Crippen LogP contribution in [-0.2, 0) is 0 Å². The second-order valence-corrected chi connectivity index (χ2v) is 2.12. The fourth-order valence-electron chi connectivity index (χ4n) is 0.431. The number of hydrogen-bond donors (Lipinski definition) is 0. The molecule has 0 spiro atoms. The number of methoxy groups -OCH3 is 1. The molecule has 9 heavy (non-hydrogen) atoms. The molecule has 1 rings (SSSR count). The molecule has 50 valence electrons. The van der Waals surface area contributed by atoms with Crippen molar-refractivity contribution in [2.45, 2.75) is 5.22 Å². The molecule has 1 aromatic rings. The van der Waals surface area contributed by atoms with Gasteiger partial charge in [-0.2, -0.15) is 4.98 Å². The zero-order valence-electron chi connectivity index (χ0n) is 5.25. The van der Waals surface area contributed by atoms with Crippen LogP contribution < -0.4 is 4.74 Å². The summed E-state index contributed by atoms with van der Waals surface area (Å²) in [6.07, 6.45) is 3.37. The van der Waals surface area contributed by atoms with Crippen LogP contribution in [0, 0.1) is 0 Å². The number of nitrogens with zero attached hydrogens (tertiary/aromatic N) is 1. The van der Waals surface area contributed by atoms with Gasteiger partial charge < -0.3 is 9.15 Å². The highest BCUT2D eigenvalue weighted by atomic mass is 32.2. The molecule has 0 radical (unpaired) electrons. The monoisotopic (exact) mass is 145 g/mol. The van der Waals surface area contributed by atoms with Crippen LogP contribution in [0.25, 0.3) is 0 Å². The summed E-state index contributed by atoms with van der Waals surface area (Å²) in [7, 11) is 1.56. The molecule has 4 heteroatoms. The summed E-state index contributed by atoms with van der Waals surface area (Å²) in [5.41, 5.74) is 0. The van der Waals surface area contributed by atoms with Crippen LogP contribution in [0.2, 0.25) is 0 Å². The van der Waals surface area contributed by atoms with Crippen molar-refractivity contribution < 1.29 is 9.15 Å². The maximum atomic E-state index is 4.93. The van der Waals surface area contributed by atoms with E-state index in [1.54, 1.807) is 7.11 Å². The molecule has 0 atom stereocenters. The van der Waals surface area contributed by atoms with Gasteiger partial charge >= 0.3 is 0 Å². The first kappa shape index (κ1) is 6.48. The van der Waals surface area contributed by atoms with Crippen molar-refractivity contribution in [1.29, 1.82) is 0 Å². The lowest BCUT2D eigenvalue weighted by Gasteiger charge is -1.84. The van der Waals surface area contributed by atoms with Crippen LogP contribution in [-0.4, -0.2) is 18.3 Å². The van der Waals surface area contributed by atoms with E-state index in [9.17, 15) is 0 Å². The van der Waals surface area contributed by atoms with Crippen LogP contribution in [0.3, 0.4) is 0 Å². The zero-order valence-corrected chi connectivity index (χ0v) is 6.07. The highest BCUT2D eigenvalue weighted by Crippen LogP contribution is 2.16. The van der Waals surface area contributed by atoms with Gasteiger partial charge in [-0.25, -0.2) is 0 Å². The van der Waals surface area contributed by atoms with Crippen molar-refractivity contribution >= 4 is 11.8 Å². The topological polar surface area (TPSA) is 35.3 Å². The minimum absolute atomic E-state index is 0.527. The molecule has 0 saturated carbocycles. The van der Waals surface area contributed by atoms with Crippen molar-refractivity contribution in [3.05, 3.63) is 6.26 Å². The van der Waals surface area contributed by atoms with Crippen molar-refractivity contribution in [2.75, 3.05) is 13.4 Å². The number of rotatable bonds is 2. The second-order valence-electron chi connectivity index (χ2n) is 1.36. The van der Waals surface area contributed by atoms with Crippen molar-refractivity contribution in [3.8, 4) is 5.88 Å². The third-order valence-corrected chi connectivity index (χ3v) is 1.38. The van der Waals surface area contributed by atoms with Gasteiger partial charge in [0.15, 0.2) is 6.26 Å². The molecular formula is C5H7NO2S. The molecule has 0 aliphatic rings. The Morgan fingerprint density at radius 3 is 2.89 bits per heavy atom. The molecule has 0 aliphatic heterocycles. The number of thioether (sulfide) groups is 1. The van der Waals surface area contributed by atoms with E-state index in [1.165, 1.54) is 18.0 Å². The van der Waals surface area contributed by atoms with E-state index in [0.717, 1.165) is 0 Å². The molecule has 0 unspecified atom stereocenters. The van der Waals surface area contributed by atoms with Crippen LogP contribution in [0.4, 0.5) is 0 Å². The van der Waals surface area contributed by atoms with E-state index in [2.05, 4.69) is 4.98 Å². The smallest absolute Gasteiger partial charge is 0.258 e. The lowest BCUT2D eigenvalue weighted by atomic mass is 10.9. The first-order valence-electron chi connectivity index (χ1n) is 2.40. The van der Waals surface area contributed by atoms with Crippen LogP contribution in [0.1, 0.15) is 0 Å². The normalized spacial score (nSPS) is 9.56. The zero-order chi connectivity index (χ0) is 6.69. The molecule has 0 aromatic carbocycles. The Balaban J connectivity index is 2.74. The summed E-state index contributed by atoms with van der Waals surface area (Å²) in [6.45, 7) is 0. The molecule has 0 N–H and O–H groups in total. The molecule has 0 aliphatic carbocycles. The van der Waals surface area contributed by atoms with Gasteiger partial charge in [0.2, 0.25) is 0 Å². The third kappa shape index (κ3) is 1.38. The summed E-state index contributed by atoms with van der Waals surface area (Å²) < 4.78 is 9.71. The lowest BCUT2D eigenvalue weighted by molar-refractivity contribution is 0.395. The van der Waals surface area contributed by atoms with Gasteiger partial charge in [0.1, 0.15) is 0 Å². The molecule has 0 saturated heterocycles. The fraction of sp³-hybridized carbons (Fsp3) is 0.400. The Morgan fingerprint density at radius 2 is 2.56 bits per heavy atom. The highest BCUT2D eigenvalue weighted by molar-refractivity contribution is 7.98. The Hall–Kier alpha value is -0.640. The molecule has 1 aromatic heterocycles. The van der Waals surface area contributed by atoms with Gasteiger partial charge in [0.05, 0.1) is 7.11 Å². The van der Waals surface area contributed by atoms with E-state index in [-0.39, 0.29) is 0 Å². The van der Waals surface area contributed by atoms with Gasteiger partial charge in [-0.15, -0.1) is 0 Å². The molecule has 0 bridgehead atoms. The average molecular weight is 145 g/mol. The predicted molar refractivity (Wildman–Crippen MR) is 34.8 cm³/mol.